The van der Waals surface area contributed by atoms with Crippen molar-refractivity contribution in [2.45, 2.75) is 6.42 Å². The molecule has 0 atom stereocenters. The zero-order valence-corrected chi connectivity index (χ0v) is 16.5. The predicted molar refractivity (Wildman–Crippen MR) is 106 cm³/mol. The van der Waals surface area contributed by atoms with Crippen molar-refractivity contribution < 1.29 is 33.4 Å². The van der Waals surface area contributed by atoms with Gasteiger partial charge in [0.15, 0.2) is 6.61 Å². The summed E-state index contributed by atoms with van der Waals surface area (Å²) in [7, 11) is 2.96. The van der Waals surface area contributed by atoms with Crippen LogP contribution in [0.1, 0.15) is 27.1 Å². The molecular weight excluding hydrogens is 392 g/mol. The Balaban J connectivity index is 1.48. The van der Waals surface area contributed by atoms with Gasteiger partial charge in [0.1, 0.15) is 11.5 Å². The number of ether oxygens (including phenoxy) is 3. The molecule has 3 amide bonds. The molecule has 0 spiro atoms. The van der Waals surface area contributed by atoms with E-state index in [1.807, 2.05) is 0 Å². The predicted octanol–water partition coefficient (Wildman–Crippen LogP) is 1.87. The maximum absolute atomic E-state index is 12.3. The summed E-state index contributed by atoms with van der Waals surface area (Å²) in [5.74, 6) is -1.22. The molecule has 3 rings (SSSR count). The lowest BCUT2D eigenvalue weighted by Crippen LogP contribution is -2.32. The highest BCUT2D eigenvalue weighted by Gasteiger charge is 2.35. The summed E-state index contributed by atoms with van der Waals surface area (Å²) in [6, 6.07) is 11.3. The van der Waals surface area contributed by atoms with Crippen LogP contribution < -0.4 is 14.8 Å². The summed E-state index contributed by atoms with van der Waals surface area (Å²) < 4.78 is 15.2. The van der Waals surface area contributed by atoms with Crippen LogP contribution in [0.5, 0.6) is 11.5 Å². The van der Waals surface area contributed by atoms with Crippen molar-refractivity contribution in [1.29, 1.82) is 0 Å². The molecule has 0 aromatic heterocycles. The number of hydrogen-bond donors (Lipinski definition) is 1. The molecule has 0 fully saturated rings. The van der Waals surface area contributed by atoms with Crippen molar-refractivity contribution in [3.63, 3.8) is 0 Å². The van der Waals surface area contributed by atoms with Gasteiger partial charge in [0.2, 0.25) is 0 Å². The van der Waals surface area contributed by atoms with Crippen molar-refractivity contribution in [3.8, 4) is 11.5 Å². The smallest absolute Gasteiger partial charge is 0.308 e. The Morgan fingerprint density at radius 2 is 1.63 bits per heavy atom. The second-order valence-corrected chi connectivity index (χ2v) is 6.33. The number of carbonyl (C=O) groups excluding carboxylic acids is 4. The van der Waals surface area contributed by atoms with Gasteiger partial charge in [-0.15, -0.1) is 0 Å². The summed E-state index contributed by atoms with van der Waals surface area (Å²) in [4.78, 5) is 49.5. The average molecular weight is 412 g/mol. The third kappa shape index (κ3) is 4.40. The summed E-state index contributed by atoms with van der Waals surface area (Å²) in [5.41, 5.74) is 1.01. The molecule has 1 heterocycles. The molecule has 156 valence electrons. The van der Waals surface area contributed by atoms with E-state index in [1.54, 1.807) is 42.5 Å². The Labute approximate surface area is 172 Å². The lowest BCUT2D eigenvalue weighted by molar-refractivity contribution is -0.147. The number of nitrogens with zero attached hydrogens (tertiary/aromatic N) is 1. The summed E-state index contributed by atoms with van der Waals surface area (Å²) >= 11 is 0. The van der Waals surface area contributed by atoms with Gasteiger partial charge < -0.3 is 19.5 Å². The first-order chi connectivity index (χ1) is 14.4. The van der Waals surface area contributed by atoms with Crippen LogP contribution in [0, 0.1) is 0 Å². The lowest BCUT2D eigenvalue weighted by atomic mass is 10.1. The molecule has 9 nitrogen and oxygen atoms in total. The fourth-order valence-electron chi connectivity index (χ4n) is 2.95. The molecule has 0 unspecified atom stereocenters. The average Bonchev–Trinajstić information content (AvgIpc) is 3.01. The number of methoxy groups -OCH3 is 2. The third-order valence-corrected chi connectivity index (χ3v) is 4.46. The quantitative estimate of drug-likeness (QED) is 0.520. The summed E-state index contributed by atoms with van der Waals surface area (Å²) in [6.45, 7) is -0.644. The second-order valence-electron chi connectivity index (χ2n) is 6.33. The van der Waals surface area contributed by atoms with Crippen LogP contribution in [0.4, 0.5) is 5.69 Å². The number of benzene rings is 2. The zero-order chi connectivity index (χ0) is 21.7. The molecule has 1 N–H and O–H groups in total. The normalized spacial score (nSPS) is 12.4. The van der Waals surface area contributed by atoms with E-state index in [1.165, 1.54) is 14.2 Å². The van der Waals surface area contributed by atoms with Gasteiger partial charge in [0.25, 0.3) is 17.7 Å². The van der Waals surface area contributed by atoms with Gasteiger partial charge >= 0.3 is 5.97 Å². The molecular formula is C21H20N2O7. The monoisotopic (exact) mass is 412 g/mol. The molecule has 0 radical (unpaired) electrons. The molecule has 9 heteroatoms. The van der Waals surface area contributed by atoms with Crippen molar-refractivity contribution >= 4 is 29.4 Å². The molecule has 0 aliphatic carbocycles. The van der Waals surface area contributed by atoms with Crippen LogP contribution >= 0.6 is 0 Å². The minimum atomic E-state index is -0.705. The number of esters is 1. The molecule has 0 saturated carbocycles. The fourth-order valence-corrected chi connectivity index (χ4v) is 2.95. The van der Waals surface area contributed by atoms with E-state index in [9.17, 15) is 19.2 Å². The number of hydrogen-bond acceptors (Lipinski definition) is 7. The Hall–Kier alpha value is -3.88. The van der Waals surface area contributed by atoms with Gasteiger partial charge in [-0.1, -0.05) is 12.1 Å². The van der Waals surface area contributed by atoms with Crippen LogP contribution in [0.15, 0.2) is 42.5 Å². The fraction of sp³-hybridized carbons (Fsp3) is 0.238. The highest BCUT2D eigenvalue weighted by molar-refractivity contribution is 6.21. The van der Waals surface area contributed by atoms with E-state index in [0.29, 0.717) is 28.3 Å². The lowest BCUT2D eigenvalue weighted by Gasteiger charge is -2.14. The summed E-state index contributed by atoms with van der Waals surface area (Å²) in [5, 5.41) is 2.58. The maximum atomic E-state index is 12.3. The van der Waals surface area contributed by atoms with E-state index in [-0.39, 0.29) is 13.0 Å². The topological polar surface area (TPSA) is 111 Å². The molecule has 30 heavy (non-hydrogen) atoms. The van der Waals surface area contributed by atoms with Gasteiger partial charge in [0.05, 0.1) is 37.5 Å². The Bertz CT molecular complexity index is 968. The van der Waals surface area contributed by atoms with Crippen LogP contribution in [0.3, 0.4) is 0 Å². The minimum Gasteiger partial charge on any atom is -0.497 e. The molecule has 2 aromatic rings. The van der Waals surface area contributed by atoms with E-state index in [2.05, 4.69) is 5.32 Å². The number of anilines is 1. The Morgan fingerprint density at radius 3 is 2.23 bits per heavy atom. The van der Waals surface area contributed by atoms with Crippen LogP contribution in [-0.4, -0.2) is 56.0 Å². The number of rotatable bonds is 8. The molecule has 2 aromatic carbocycles. The first-order valence-electron chi connectivity index (χ1n) is 9.07. The first-order valence-corrected chi connectivity index (χ1v) is 9.07. The number of fused-ring (bicyclic) bond motifs is 1. The van der Waals surface area contributed by atoms with Crippen LogP contribution in [0.25, 0.3) is 0 Å². The van der Waals surface area contributed by atoms with Crippen LogP contribution in [0.2, 0.25) is 0 Å². The number of imide groups is 1. The van der Waals surface area contributed by atoms with Crippen molar-refractivity contribution in [3.05, 3.63) is 53.6 Å². The Kier molecular flexibility index (Phi) is 6.31. The largest absolute Gasteiger partial charge is 0.497 e. The van der Waals surface area contributed by atoms with Gasteiger partial charge in [-0.2, -0.15) is 0 Å². The molecule has 0 bridgehead atoms. The van der Waals surface area contributed by atoms with Gasteiger partial charge in [-0.3, -0.25) is 24.1 Å². The highest BCUT2D eigenvalue weighted by atomic mass is 16.5. The third-order valence-electron chi connectivity index (χ3n) is 4.46. The number of nitrogens with one attached hydrogen (secondary N) is 1. The van der Waals surface area contributed by atoms with E-state index >= 15 is 0 Å². The molecule has 1 aliphatic rings. The van der Waals surface area contributed by atoms with Crippen molar-refractivity contribution in [1.82, 2.24) is 4.90 Å². The maximum Gasteiger partial charge on any atom is 0.308 e. The first kappa shape index (κ1) is 20.8. The number of carbonyl (C=O) groups is 4. The van der Waals surface area contributed by atoms with E-state index in [4.69, 9.17) is 14.2 Å². The van der Waals surface area contributed by atoms with Crippen molar-refractivity contribution in [2.75, 3.05) is 32.7 Å². The van der Waals surface area contributed by atoms with Gasteiger partial charge in [-0.25, -0.2) is 0 Å². The molecule has 1 aliphatic heterocycles. The van der Waals surface area contributed by atoms with Gasteiger partial charge in [0, 0.05) is 12.6 Å². The summed E-state index contributed by atoms with van der Waals surface area (Å²) in [6.07, 6.45) is -0.218. The van der Waals surface area contributed by atoms with Crippen molar-refractivity contribution in [2.24, 2.45) is 0 Å². The SMILES string of the molecule is COc1ccc(NC(=O)COC(=O)CCN2C(=O)c3ccccc3C2=O)c(OC)c1. The number of amides is 3. The van der Waals surface area contributed by atoms with Crippen LogP contribution in [-0.2, 0) is 14.3 Å². The van der Waals surface area contributed by atoms with Gasteiger partial charge in [-0.05, 0) is 24.3 Å². The van der Waals surface area contributed by atoms with E-state index in [0.717, 1.165) is 4.90 Å². The van der Waals surface area contributed by atoms with E-state index < -0.39 is 30.3 Å². The minimum absolute atomic E-state index is 0.126. The zero-order valence-electron chi connectivity index (χ0n) is 16.5. The Morgan fingerprint density at radius 1 is 0.967 bits per heavy atom. The molecule has 0 saturated heterocycles. The highest BCUT2D eigenvalue weighted by Crippen LogP contribution is 2.29. The standard InChI is InChI=1S/C21H20N2O7/c1-28-13-7-8-16(17(11-13)29-2)22-18(24)12-30-19(25)9-10-23-20(26)14-5-3-4-6-15(14)21(23)27/h3-8,11H,9-10,12H2,1-2H3,(H,22,24). The second kappa shape index (κ2) is 9.08.